The van der Waals surface area contributed by atoms with Gasteiger partial charge in [0.1, 0.15) is 12.4 Å². The van der Waals surface area contributed by atoms with Crippen molar-refractivity contribution < 1.29 is 19.1 Å². The van der Waals surface area contributed by atoms with Gasteiger partial charge in [0.25, 0.3) is 0 Å². The highest BCUT2D eigenvalue weighted by atomic mass is 32.2. The van der Waals surface area contributed by atoms with E-state index in [4.69, 9.17) is 9.47 Å². The normalized spacial score (nSPS) is 17.1. The molecule has 1 aromatic carbocycles. The molecule has 1 aromatic rings. The molecule has 0 radical (unpaired) electrons. The van der Waals surface area contributed by atoms with E-state index in [1.165, 1.54) is 0 Å². The zero-order valence-corrected chi connectivity index (χ0v) is 14.9. The maximum absolute atomic E-state index is 12.5. The minimum Gasteiger partial charge on any atom is -0.497 e. The lowest BCUT2D eigenvalue weighted by atomic mass is 9.95. The Morgan fingerprint density at radius 3 is 2.88 bits per heavy atom. The largest absolute Gasteiger partial charge is 0.497 e. The predicted octanol–water partition coefficient (Wildman–Crippen LogP) is 2.62. The van der Waals surface area contributed by atoms with Crippen LogP contribution in [0.4, 0.5) is 4.79 Å². The van der Waals surface area contributed by atoms with Crippen molar-refractivity contribution in [3.63, 3.8) is 0 Å². The van der Waals surface area contributed by atoms with Gasteiger partial charge in [0, 0.05) is 11.4 Å². The molecule has 0 spiro atoms. The Bertz CT molecular complexity index is 645. The summed E-state index contributed by atoms with van der Waals surface area (Å²) in [4.78, 5) is 24.3. The van der Waals surface area contributed by atoms with E-state index >= 15 is 0 Å². The van der Waals surface area contributed by atoms with Gasteiger partial charge in [0.05, 0.1) is 18.7 Å². The average molecular weight is 350 g/mol. The number of carbonyl (C=O) groups excluding carboxylic acids is 2. The van der Waals surface area contributed by atoms with E-state index in [1.807, 2.05) is 18.2 Å². The summed E-state index contributed by atoms with van der Waals surface area (Å²) >= 11 is 1.70. The van der Waals surface area contributed by atoms with E-state index in [1.54, 1.807) is 31.9 Å². The van der Waals surface area contributed by atoms with Crippen LogP contribution in [0.1, 0.15) is 25.5 Å². The van der Waals surface area contributed by atoms with Crippen molar-refractivity contribution in [3.05, 3.63) is 41.1 Å². The summed E-state index contributed by atoms with van der Waals surface area (Å²) in [5.74, 6) is 1.95. The molecule has 0 saturated heterocycles. The third-order valence-electron chi connectivity index (χ3n) is 3.58. The van der Waals surface area contributed by atoms with Crippen LogP contribution >= 0.6 is 11.8 Å². The van der Waals surface area contributed by atoms with E-state index in [0.717, 1.165) is 17.1 Å². The third-order valence-corrected chi connectivity index (χ3v) is 4.44. The molecular weight excluding hydrogens is 328 g/mol. The number of allylic oxidation sites excluding steroid dienone is 1. The van der Waals surface area contributed by atoms with Crippen LogP contribution in [0.2, 0.25) is 0 Å². The number of urea groups is 1. The van der Waals surface area contributed by atoms with Crippen LogP contribution in [0.5, 0.6) is 5.75 Å². The summed E-state index contributed by atoms with van der Waals surface area (Å²) in [5.41, 5.74) is 1.67. The molecule has 0 aromatic heterocycles. The first kappa shape index (κ1) is 18.2. The van der Waals surface area contributed by atoms with Gasteiger partial charge in [-0.2, -0.15) is 11.8 Å². The monoisotopic (exact) mass is 350 g/mol. The van der Waals surface area contributed by atoms with Gasteiger partial charge in [-0.05, 0) is 30.4 Å². The van der Waals surface area contributed by atoms with Crippen LogP contribution in [0.25, 0.3) is 0 Å². The lowest BCUT2D eigenvalue weighted by molar-refractivity contribution is -0.138. The number of benzene rings is 1. The smallest absolute Gasteiger partial charge is 0.338 e. The fraction of sp³-hybridized carbons (Fsp3) is 0.412. The highest BCUT2D eigenvalue weighted by Crippen LogP contribution is 2.29. The second kappa shape index (κ2) is 8.63. The van der Waals surface area contributed by atoms with Crippen molar-refractivity contribution in [2.24, 2.45) is 0 Å². The third kappa shape index (κ3) is 4.44. The Kier molecular flexibility index (Phi) is 6.54. The number of hydrogen-bond donors (Lipinski definition) is 2. The number of thioether (sulfide) groups is 1. The summed E-state index contributed by atoms with van der Waals surface area (Å²) in [6, 6.07) is 6.34. The van der Waals surface area contributed by atoms with Crippen molar-refractivity contribution in [2.45, 2.75) is 19.9 Å². The minimum atomic E-state index is -0.569. The van der Waals surface area contributed by atoms with Crippen molar-refractivity contribution >= 4 is 23.8 Å². The van der Waals surface area contributed by atoms with Gasteiger partial charge in [-0.25, -0.2) is 9.59 Å². The van der Waals surface area contributed by atoms with E-state index in [-0.39, 0.29) is 6.03 Å². The van der Waals surface area contributed by atoms with E-state index in [2.05, 4.69) is 17.6 Å². The first-order chi connectivity index (χ1) is 11.6. The zero-order chi connectivity index (χ0) is 17.5. The molecule has 7 heteroatoms. The van der Waals surface area contributed by atoms with Gasteiger partial charge >= 0.3 is 12.0 Å². The highest BCUT2D eigenvalue weighted by molar-refractivity contribution is 7.99. The molecule has 2 rings (SSSR count). The fourth-order valence-electron chi connectivity index (χ4n) is 2.45. The number of ether oxygens (including phenoxy) is 2. The average Bonchev–Trinajstić information content (AvgIpc) is 2.58. The first-order valence-corrected chi connectivity index (χ1v) is 8.89. The first-order valence-electron chi connectivity index (χ1n) is 7.74. The highest BCUT2D eigenvalue weighted by Gasteiger charge is 2.32. The molecule has 2 N–H and O–H groups in total. The van der Waals surface area contributed by atoms with Crippen LogP contribution in [-0.2, 0) is 9.53 Å². The molecule has 1 aliphatic rings. The summed E-state index contributed by atoms with van der Waals surface area (Å²) in [6.07, 6.45) is 0. The molecule has 0 aliphatic carbocycles. The number of hydrogen-bond acceptors (Lipinski definition) is 5. The summed E-state index contributed by atoms with van der Waals surface area (Å²) in [7, 11) is 1.57. The van der Waals surface area contributed by atoms with Crippen LogP contribution in [-0.4, -0.2) is 37.2 Å². The number of rotatable bonds is 7. The lowest BCUT2D eigenvalue weighted by Crippen LogP contribution is -2.45. The van der Waals surface area contributed by atoms with Crippen molar-refractivity contribution in [1.82, 2.24) is 10.6 Å². The second-order valence-corrected chi connectivity index (χ2v) is 6.57. The molecule has 1 atom stereocenters. The second-order valence-electron chi connectivity index (χ2n) is 5.18. The summed E-state index contributed by atoms with van der Waals surface area (Å²) < 4.78 is 10.6. The van der Waals surface area contributed by atoms with Gasteiger partial charge in [-0.3, -0.25) is 0 Å². The maximum atomic E-state index is 12.5. The maximum Gasteiger partial charge on any atom is 0.338 e. The van der Waals surface area contributed by atoms with Gasteiger partial charge in [-0.1, -0.05) is 19.1 Å². The van der Waals surface area contributed by atoms with E-state index < -0.39 is 12.0 Å². The number of carbonyl (C=O) groups is 2. The topological polar surface area (TPSA) is 76.7 Å². The standard InChI is InChI=1S/C17H22N2O4S/c1-4-24-9-8-23-16(20)14-11(2)18-17(21)19-15(14)12-6-5-7-13(10-12)22-3/h5-7,10,15H,4,8-9H2,1-3H3,(H2,18,19,21)/t15-/m0/s1. The molecule has 1 heterocycles. The van der Waals surface area contributed by atoms with Crippen LogP contribution < -0.4 is 15.4 Å². The van der Waals surface area contributed by atoms with Crippen LogP contribution in [0, 0.1) is 0 Å². The number of methoxy groups -OCH3 is 1. The molecule has 24 heavy (non-hydrogen) atoms. The lowest BCUT2D eigenvalue weighted by Gasteiger charge is -2.28. The molecule has 6 nitrogen and oxygen atoms in total. The molecule has 2 amide bonds. The molecule has 1 aliphatic heterocycles. The predicted molar refractivity (Wildman–Crippen MR) is 94.1 cm³/mol. The molecule has 0 fully saturated rings. The van der Waals surface area contributed by atoms with Gasteiger partial charge in [-0.15, -0.1) is 0 Å². The molecule has 130 valence electrons. The van der Waals surface area contributed by atoms with Crippen molar-refractivity contribution in [3.8, 4) is 5.75 Å². The molecule has 0 saturated carbocycles. The Morgan fingerprint density at radius 2 is 2.17 bits per heavy atom. The van der Waals surface area contributed by atoms with E-state index in [0.29, 0.717) is 23.6 Å². The molecule has 0 unspecified atom stereocenters. The molecular formula is C17H22N2O4S. The summed E-state index contributed by atoms with van der Waals surface area (Å²) in [5, 5.41) is 5.41. The van der Waals surface area contributed by atoms with Crippen molar-refractivity contribution in [1.29, 1.82) is 0 Å². The number of esters is 1. The Hall–Kier alpha value is -2.15. The van der Waals surface area contributed by atoms with E-state index in [9.17, 15) is 9.59 Å². The Morgan fingerprint density at radius 1 is 1.38 bits per heavy atom. The Balaban J connectivity index is 2.24. The summed E-state index contributed by atoms with van der Waals surface area (Å²) in [6.45, 7) is 4.09. The van der Waals surface area contributed by atoms with Gasteiger partial charge in [0.15, 0.2) is 0 Å². The quantitative estimate of drug-likeness (QED) is 0.584. The number of amides is 2. The van der Waals surface area contributed by atoms with Crippen molar-refractivity contribution in [2.75, 3.05) is 25.2 Å². The van der Waals surface area contributed by atoms with Gasteiger partial charge in [0.2, 0.25) is 0 Å². The fourth-order valence-corrected chi connectivity index (χ4v) is 2.94. The zero-order valence-electron chi connectivity index (χ0n) is 14.0. The Labute approximate surface area is 146 Å². The number of nitrogens with one attached hydrogen (secondary N) is 2. The van der Waals surface area contributed by atoms with Crippen LogP contribution in [0.3, 0.4) is 0 Å². The van der Waals surface area contributed by atoms with Gasteiger partial charge < -0.3 is 20.1 Å². The molecule has 0 bridgehead atoms. The SMILES string of the molecule is CCSCCOC(=O)C1=C(C)NC(=O)N[C@H]1c1cccc(OC)c1. The van der Waals surface area contributed by atoms with Crippen LogP contribution in [0.15, 0.2) is 35.5 Å². The minimum absolute atomic E-state index is 0.340.